The van der Waals surface area contributed by atoms with Crippen molar-refractivity contribution in [3.8, 4) is 0 Å². The highest BCUT2D eigenvalue weighted by Gasteiger charge is 2.55. The highest BCUT2D eigenvalue weighted by atomic mass is 16.5. The summed E-state index contributed by atoms with van der Waals surface area (Å²) in [5.41, 5.74) is 2.43. The number of nitrogens with one attached hydrogen (secondary N) is 1. The Morgan fingerprint density at radius 1 is 1.36 bits per heavy atom. The molecule has 3 heterocycles. The molecule has 2 atom stereocenters. The van der Waals surface area contributed by atoms with Crippen molar-refractivity contribution in [3.63, 3.8) is 0 Å². The van der Waals surface area contributed by atoms with E-state index in [1.807, 2.05) is 13.2 Å². The zero-order valence-electron chi connectivity index (χ0n) is 15.4. The van der Waals surface area contributed by atoms with Crippen molar-refractivity contribution in [2.24, 2.45) is 0 Å². The second-order valence-corrected chi connectivity index (χ2v) is 7.91. The number of nitrogens with zero attached hydrogens (tertiary/aromatic N) is 1. The molecule has 3 fully saturated rings. The maximum absolute atomic E-state index is 13.1. The standard InChI is InChI=1S/C21H28N2O2/c1-4-15-10-21(25-3)11-16(12-21)23(15)20(24)9-14(2)18-13-22-19-8-6-5-7-17(18)19/h5-8,13-16,22H,4,9-12H2,1-3H3. The Morgan fingerprint density at radius 2 is 2.12 bits per heavy atom. The highest BCUT2D eigenvalue weighted by Crippen LogP contribution is 2.49. The third-order valence-corrected chi connectivity index (χ3v) is 6.43. The SMILES string of the molecule is CCC1CC2(OC)CC(C2)N1C(=O)CC(C)c1c[nH]c2ccccc12. The Bertz CT molecular complexity index is 775. The topological polar surface area (TPSA) is 45.3 Å². The van der Waals surface area contributed by atoms with Crippen molar-refractivity contribution >= 4 is 16.8 Å². The van der Waals surface area contributed by atoms with Crippen LogP contribution < -0.4 is 0 Å². The van der Waals surface area contributed by atoms with Crippen LogP contribution in [0.5, 0.6) is 0 Å². The molecule has 4 nitrogen and oxygen atoms in total. The van der Waals surface area contributed by atoms with Gasteiger partial charge in [-0.3, -0.25) is 4.79 Å². The fraction of sp³-hybridized carbons (Fsp3) is 0.571. The molecule has 2 aromatic rings. The molecule has 1 aromatic carbocycles. The number of rotatable bonds is 5. The minimum absolute atomic E-state index is 0.0462. The molecule has 1 amide bonds. The van der Waals surface area contributed by atoms with Gasteiger partial charge in [0.25, 0.3) is 0 Å². The lowest BCUT2D eigenvalue weighted by atomic mass is 9.66. The van der Waals surface area contributed by atoms with Crippen LogP contribution in [0.25, 0.3) is 10.9 Å². The molecule has 4 heteroatoms. The minimum atomic E-state index is 0.0462. The summed E-state index contributed by atoms with van der Waals surface area (Å²) >= 11 is 0. The van der Waals surface area contributed by atoms with Crippen LogP contribution in [0.1, 0.15) is 57.4 Å². The maximum Gasteiger partial charge on any atom is 0.223 e. The smallest absolute Gasteiger partial charge is 0.223 e. The zero-order valence-corrected chi connectivity index (χ0v) is 15.4. The van der Waals surface area contributed by atoms with E-state index in [1.54, 1.807) is 0 Å². The third kappa shape index (κ3) is 2.67. The Kier molecular flexibility index (Phi) is 4.11. The third-order valence-electron chi connectivity index (χ3n) is 6.43. The van der Waals surface area contributed by atoms with Gasteiger partial charge in [-0.15, -0.1) is 0 Å². The molecule has 1 aliphatic carbocycles. The second kappa shape index (κ2) is 6.17. The van der Waals surface area contributed by atoms with Crippen molar-refractivity contribution in [2.75, 3.05) is 7.11 Å². The van der Waals surface area contributed by atoms with E-state index in [2.05, 4.69) is 48.1 Å². The number of aromatic amines is 1. The number of hydrogen-bond donors (Lipinski definition) is 1. The first-order chi connectivity index (χ1) is 12.1. The van der Waals surface area contributed by atoms with Gasteiger partial charge in [0.05, 0.1) is 5.60 Å². The molecule has 25 heavy (non-hydrogen) atoms. The number of H-pyrrole nitrogens is 1. The number of hydrogen-bond acceptors (Lipinski definition) is 2. The van der Waals surface area contributed by atoms with E-state index in [-0.39, 0.29) is 11.5 Å². The second-order valence-electron chi connectivity index (χ2n) is 7.91. The van der Waals surface area contributed by atoms with Gasteiger partial charge in [0.15, 0.2) is 0 Å². The van der Waals surface area contributed by atoms with Crippen molar-refractivity contribution in [2.45, 2.75) is 69.6 Å². The molecule has 0 spiro atoms. The number of benzene rings is 1. The van der Waals surface area contributed by atoms with Gasteiger partial charge in [-0.2, -0.15) is 0 Å². The van der Waals surface area contributed by atoms with E-state index in [4.69, 9.17) is 4.74 Å². The fourth-order valence-corrected chi connectivity index (χ4v) is 4.97. The molecule has 3 aliphatic rings. The fourth-order valence-electron chi connectivity index (χ4n) is 4.97. The van der Waals surface area contributed by atoms with Crippen LogP contribution in [0.2, 0.25) is 0 Å². The summed E-state index contributed by atoms with van der Waals surface area (Å²) in [5, 5.41) is 1.23. The quantitative estimate of drug-likeness (QED) is 0.886. The molecule has 134 valence electrons. The summed E-state index contributed by atoms with van der Waals surface area (Å²) in [5.74, 6) is 0.523. The van der Waals surface area contributed by atoms with Gasteiger partial charge in [-0.1, -0.05) is 32.0 Å². The van der Waals surface area contributed by atoms with E-state index in [9.17, 15) is 4.79 Å². The van der Waals surface area contributed by atoms with Gasteiger partial charge in [0.2, 0.25) is 5.91 Å². The summed E-state index contributed by atoms with van der Waals surface area (Å²) in [6.45, 7) is 4.35. The predicted molar refractivity (Wildman–Crippen MR) is 99.6 cm³/mol. The molecule has 2 aliphatic heterocycles. The van der Waals surface area contributed by atoms with Crippen LogP contribution in [0.15, 0.2) is 30.5 Å². The number of ether oxygens (including phenoxy) is 1. The van der Waals surface area contributed by atoms with Crippen LogP contribution in [-0.4, -0.2) is 40.6 Å². The van der Waals surface area contributed by atoms with Crippen LogP contribution in [0, 0.1) is 0 Å². The predicted octanol–water partition coefficient (Wildman–Crippen LogP) is 4.22. The van der Waals surface area contributed by atoms with E-state index in [0.717, 1.165) is 31.2 Å². The van der Waals surface area contributed by atoms with Gasteiger partial charge in [0, 0.05) is 42.7 Å². The first-order valence-corrected chi connectivity index (χ1v) is 9.49. The van der Waals surface area contributed by atoms with Crippen molar-refractivity contribution in [1.82, 2.24) is 9.88 Å². The largest absolute Gasteiger partial charge is 0.378 e. The number of aromatic nitrogens is 1. The number of carbonyl (C=O) groups is 1. The average molecular weight is 340 g/mol. The number of para-hydroxylation sites is 1. The van der Waals surface area contributed by atoms with E-state index in [1.165, 1.54) is 10.9 Å². The van der Waals surface area contributed by atoms with Crippen molar-refractivity contribution < 1.29 is 9.53 Å². The summed E-state index contributed by atoms with van der Waals surface area (Å²) in [6, 6.07) is 9.03. The van der Waals surface area contributed by atoms with Gasteiger partial charge in [-0.25, -0.2) is 0 Å². The van der Waals surface area contributed by atoms with Crippen LogP contribution >= 0.6 is 0 Å². The molecule has 2 bridgehead atoms. The Hall–Kier alpha value is -1.81. The number of carbonyl (C=O) groups excluding carboxylic acids is 1. The number of amides is 1. The van der Waals surface area contributed by atoms with Gasteiger partial charge in [-0.05, 0) is 43.2 Å². The molecular weight excluding hydrogens is 312 g/mol. The molecule has 1 N–H and O–H groups in total. The molecular formula is C21H28N2O2. The molecule has 5 rings (SSSR count). The summed E-state index contributed by atoms with van der Waals surface area (Å²) in [4.78, 5) is 18.6. The number of fused-ring (bicyclic) bond motifs is 3. The maximum atomic E-state index is 13.1. The number of methoxy groups -OCH3 is 1. The van der Waals surface area contributed by atoms with E-state index >= 15 is 0 Å². The molecule has 2 saturated heterocycles. The molecule has 2 unspecified atom stereocenters. The minimum Gasteiger partial charge on any atom is -0.378 e. The van der Waals surface area contributed by atoms with Crippen LogP contribution in [-0.2, 0) is 9.53 Å². The zero-order chi connectivity index (χ0) is 17.6. The molecule has 1 aromatic heterocycles. The Balaban J connectivity index is 1.50. The van der Waals surface area contributed by atoms with Gasteiger partial charge < -0.3 is 14.6 Å². The summed E-state index contributed by atoms with van der Waals surface area (Å²) in [7, 11) is 1.82. The Morgan fingerprint density at radius 3 is 2.84 bits per heavy atom. The Labute approximate surface area is 149 Å². The first kappa shape index (κ1) is 16.6. The molecule has 0 radical (unpaired) electrons. The highest BCUT2D eigenvalue weighted by molar-refractivity contribution is 5.85. The normalized spacial score (nSPS) is 29.5. The summed E-state index contributed by atoms with van der Waals surface area (Å²) in [6.07, 6.45) is 6.66. The molecule has 1 saturated carbocycles. The van der Waals surface area contributed by atoms with Gasteiger partial charge >= 0.3 is 0 Å². The average Bonchev–Trinajstić information content (AvgIpc) is 3.04. The lowest BCUT2D eigenvalue weighted by molar-refractivity contribution is -0.189. The summed E-state index contributed by atoms with van der Waals surface area (Å²) < 4.78 is 5.75. The van der Waals surface area contributed by atoms with Crippen LogP contribution in [0.4, 0.5) is 0 Å². The first-order valence-electron chi connectivity index (χ1n) is 9.49. The lowest BCUT2D eigenvalue weighted by Crippen LogP contribution is -2.67. The monoisotopic (exact) mass is 340 g/mol. The van der Waals surface area contributed by atoms with E-state index in [0.29, 0.717) is 24.4 Å². The van der Waals surface area contributed by atoms with E-state index < -0.39 is 0 Å². The lowest BCUT2D eigenvalue weighted by Gasteiger charge is -2.60. The van der Waals surface area contributed by atoms with Crippen molar-refractivity contribution in [1.29, 1.82) is 0 Å². The van der Waals surface area contributed by atoms with Crippen molar-refractivity contribution in [3.05, 3.63) is 36.0 Å². The van der Waals surface area contributed by atoms with Crippen LogP contribution in [0.3, 0.4) is 0 Å². The number of piperidine rings is 2. The van der Waals surface area contributed by atoms with Gasteiger partial charge in [0.1, 0.15) is 0 Å².